The van der Waals surface area contributed by atoms with Crippen LogP contribution in [0.3, 0.4) is 0 Å². The van der Waals surface area contributed by atoms with Gasteiger partial charge in [-0.05, 0) is 25.1 Å². The smallest absolute Gasteiger partial charge is 0.247 e. The van der Waals surface area contributed by atoms with Gasteiger partial charge >= 0.3 is 0 Å². The minimum Gasteiger partial charge on any atom is -0.487 e. The summed E-state index contributed by atoms with van der Waals surface area (Å²) in [5.41, 5.74) is 0.538. The molecule has 0 aliphatic carbocycles. The second-order valence-electron chi connectivity index (χ2n) is 7.68. The number of sulfonamides is 2. The molecular weight excluding hydrogens is 444 g/mol. The molecule has 9 nitrogen and oxygen atoms in total. The van der Waals surface area contributed by atoms with E-state index in [1.807, 2.05) is 0 Å². The van der Waals surface area contributed by atoms with Crippen molar-refractivity contribution < 1.29 is 31.4 Å². The van der Waals surface area contributed by atoms with Gasteiger partial charge in [0.2, 0.25) is 20.0 Å². The number of methoxy groups -OCH3 is 1. The van der Waals surface area contributed by atoms with Crippen LogP contribution in [0.1, 0.15) is 19.4 Å². The third kappa shape index (κ3) is 6.19. The van der Waals surface area contributed by atoms with Crippen molar-refractivity contribution in [2.75, 3.05) is 46.7 Å². The van der Waals surface area contributed by atoms with E-state index in [2.05, 4.69) is 11.8 Å². The van der Waals surface area contributed by atoms with E-state index in [1.165, 1.54) is 34.9 Å². The maximum absolute atomic E-state index is 13.4. The first kappa shape index (κ1) is 25.6. The molecule has 0 bridgehead atoms. The Kier molecular flexibility index (Phi) is 8.49. The molecule has 3 atom stereocenters. The van der Waals surface area contributed by atoms with E-state index in [0.717, 1.165) is 6.26 Å². The standard InChI is InChI=1S/C20H30N2O7S2/c1-15-12-22(16(2)14-23)31(26,27)20-9-8-17(7-6-10-28-4)11-18(20)29-19(15)13-21(3)30(5,24)25/h8-9,11,15-16,19,23H,10,12-14H2,1-5H3/t15-,16-,19+/m1/s1. The van der Waals surface area contributed by atoms with E-state index in [9.17, 15) is 21.9 Å². The van der Waals surface area contributed by atoms with Crippen molar-refractivity contribution in [1.82, 2.24) is 8.61 Å². The Labute approximate surface area is 185 Å². The van der Waals surface area contributed by atoms with Crippen LogP contribution < -0.4 is 4.74 Å². The number of fused-ring (bicyclic) bond motifs is 1. The third-order valence-corrected chi connectivity index (χ3v) is 8.42. The molecule has 0 fully saturated rings. The van der Waals surface area contributed by atoms with Gasteiger partial charge in [-0.2, -0.15) is 4.31 Å². The van der Waals surface area contributed by atoms with Crippen molar-refractivity contribution >= 4 is 20.0 Å². The number of benzene rings is 1. The van der Waals surface area contributed by atoms with E-state index >= 15 is 0 Å². The third-order valence-electron chi connectivity index (χ3n) is 5.12. The molecule has 1 aliphatic rings. The molecule has 0 amide bonds. The molecular formula is C20H30N2O7S2. The number of likely N-dealkylation sites (N-methyl/N-ethyl adjacent to an activating group) is 1. The summed E-state index contributed by atoms with van der Waals surface area (Å²) in [5, 5.41) is 9.64. The van der Waals surface area contributed by atoms with Gasteiger partial charge in [0, 0.05) is 38.2 Å². The molecule has 174 valence electrons. The van der Waals surface area contributed by atoms with E-state index < -0.39 is 32.2 Å². The lowest BCUT2D eigenvalue weighted by atomic mass is 10.0. The van der Waals surface area contributed by atoms with Gasteiger partial charge in [0.15, 0.2) is 0 Å². The molecule has 0 saturated heterocycles. The first-order chi connectivity index (χ1) is 14.4. The lowest BCUT2D eigenvalue weighted by Crippen LogP contribution is -2.50. The van der Waals surface area contributed by atoms with E-state index in [4.69, 9.17) is 9.47 Å². The highest BCUT2D eigenvalue weighted by Gasteiger charge is 2.38. The summed E-state index contributed by atoms with van der Waals surface area (Å²) in [7, 11) is -4.46. The van der Waals surface area contributed by atoms with Gasteiger partial charge in [-0.15, -0.1) is 0 Å². The monoisotopic (exact) mass is 474 g/mol. The molecule has 31 heavy (non-hydrogen) atoms. The van der Waals surface area contributed by atoms with E-state index in [0.29, 0.717) is 5.56 Å². The molecule has 1 heterocycles. The zero-order valence-electron chi connectivity index (χ0n) is 18.4. The van der Waals surface area contributed by atoms with Crippen molar-refractivity contribution in [2.24, 2.45) is 5.92 Å². The summed E-state index contributed by atoms with van der Waals surface area (Å²) in [6.07, 6.45) is 0.479. The van der Waals surface area contributed by atoms with Crippen molar-refractivity contribution in [1.29, 1.82) is 0 Å². The molecule has 0 unspecified atom stereocenters. The zero-order valence-corrected chi connectivity index (χ0v) is 20.0. The summed E-state index contributed by atoms with van der Waals surface area (Å²) < 4.78 is 64.0. The Morgan fingerprint density at radius 2 is 2.10 bits per heavy atom. The van der Waals surface area contributed by atoms with Crippen LogP contribution >= 0.6 is 0 Å². The molecule has 11 heteroatoms. The van der Waals surface area contributed by atoms with Gasteiger partial charge in [-0.3, -0.25) is 0 Å². The lowest BCUT2D eigenvalue weighted by molar-refractivity contribution is 0.0905. The molecule has 1 N–H and O–H groups in total. The van der Waals surface area contributed by atoms with Crippen LogP contribution in [0.5, 0.6) is 5.75 Å². The second-order valence-corrected chi connectivity index (χ2v) is 11.6. The van der Waals surface area contributed by atoms with Crippen molar-refractivity contribution in [3.8, 4) is 17.6 Å². The summed E-state index contributed by atoms with van der Waals surface area (Å²) in [6.45, 7) is 3.39. The van der Waals surface area contributed by atoms with Crippen molar-refractivity contribution in [3.05, 3.63) is 23.8 Å². The average molecular weight is 475 g/mol. The molecule has 2 rings (SSSR count). The Balaban J connectivity index is 2.59. The lowest BCUT2D eigenvalue weighted by Gasteiger charge is -2.37. The van der Waals surface area contributed by atoms with Crippen LogP contribution in [-0.2, 0) is 24.8 Å². The van der Waals surface area contributed by atoms with Crippen molar-refractivity contribution in [3.63, 3.8) is 0 Å². The van der Waals surface area contributed by atoms with Gasteiger partial charge in [0.25, 0.3) is 0 Å². The highest BCUT2D eigenvalue weighted by Crippen LogP contribution is 2.34. The number of hydrogen-bond acceptors (Lipinski definition) is 7. The SMILES string of the molecule is COCC#Cc1ccc2c(c1)O[C@@H](CN(C)S(C)(=O)=O)[C@H](C)CN([C@H](C)CO)S2(=O)=O. The molecule has 1 aliphatic heterocycles. The van der Waals surface area contributed by atoms with E-state index in [1.54, 1.807) is 19.9 Å². The van der Waals surface area contributed by atoms with Crippen LogP contribution in [0, 0.1) is 17.8 Å². The highest BCUT2D eigenvalue weighted by atomic mass is 32.2. The van der Waals surface area contributed by atoms with Gasteiger partial charge in [0.05, 0.1) is 19.4 Å². The van der Waals surface area contributed by atoms with Crippen molar-refractivity contribution in [2.45, 2.75) is 30.9 Å². The second kappa shape index (κ2) is 10.3. The average Bonchev–Trinajstić information content (AvgIpc) is 2.69. The number of nitrogens with zero attached hydrogens (tertiary/aromatic N) is 2. The molecule has 0 aromatic heterocycles. The molecule has 1 aromatic rings. The Bertz CT molecular complexity index is 1050. The molecule has 0 saturated carbocycles. The Morgan fingerprint density at radius 1 is 1.42 bits per heavy atom. The predicted octanol–water partition coefficient (Wildman–Crippen LogP) is 0.345. The minimum absolute atomic E-state index is 0.0421. The Morgan fingerprint density at radius 3 is 2.68 bits per heavy atom. The first-order valence-electron chi connectivity index (χ1n) is 9.74. The summed E-state index contributed by atoms with van der Waals surface area (Å²) in [6, 6.07) is 3.87. The number of ether oxygens (including phenoxy) is 2. The maximum atomic E-state index is 13.4. The number of aliphatic hydroxyl groups is 1. The Hall–Kier alpha value is -1.68. The fourth-order valence-electron chi connectivity index (χ4n) is 3.12. The van der Waals surface area contributed by atoms with Gasteiger partial charge in [-0.1, -0.05) is 18.8 Å². The van der Waals surface area contributed by atoms with Crippen LogP contribution in [0.25, 0.3) is 0 Å². The molecule has 0 spiro atoms. The minimum atomic E-state index is -3.97. The summed E-state index contributed by atoms with van der Waals surface area (Å²) in [5.74, 6) is 5.43. The van der Waals surface area contributed by atoms with Gasteiger partial charge in [0.1, 0.15) is 23.4 Å². The highest BCUT2D eigenvalue weighted by molar-refractivity contribution is 7.89. The number of aliphatic hydroxyl groups excluding tert-OH is 1. The summed E-state index contributed by atoms with van der Waals surface area (Å²) in [4.78, 5) is -0.0519. The normalized spacial score (nSPS) is 22.4. The predicted molar refractivity (Wildman–Crippen MR) is 117 cm³/mol. The largest absolute Gasteiger partial charge is 0.487 e. The number of rotatable bonds is 6. The van der Waals surface area contributed by atoms with Crippen LogP contribution in [0.15, 0.2) is 23.1 Å². The maximum Gasteiger partial charge on any atom is 0.247 e. The summed E-state index contributed by atoms with van der Waals surface area (Å²) >= 11 is 0. The zero-order chi connectivity index (χ0) is 23.4. The van der Waals surface area contributed by atoms with Gasteiger partial charge in [-0.25, -0.2) is 21.1 Å². The number of hydrogen-bond donors (Lipinski definition) is 1. The molecule has 1 aromatic carbocycles. The topological polar surface area (TPSA) is 113 Å². The van der Waals surface area contributed by atoms with Crippen LogP contribution in [0.2, 0.25) is 0 Å². The first-order valence-corrected chi connectivity index (χ1v) is 13.0. The fraction of sp³-hybridized carbons (Fsp3) is 0.600. The quantitative estimate of drug-likeness (QED) is 0.592. The van der Waals surface area contributed by atoms with Crippen LogP contribution in [-0.4, -0.2) is 89.4 Å². The molecule has 0 radical (unpaired) electrons. The van der Waals surface area contributed by atoms with Gasteiger partial charge < -0.3 is 14.6 Å². The van der Waals surface area contributed by atoms with Crippen LogP contribution in [0.4, 0.5) is 0 Å². The fourth-order valence-corrected chi connectivity index (χ4v) is 5.36. The van der Waals surface area contributed by atoms with E-state index in [-0.39, 0.29) is 42.9 Å².